The third kappa shape index (κ3) is 36.1. The molecule has 21 heteroatoms. The van der Waals surface area contributed by atoms with Gasteiger partial charge in [0.25, 0.3) is 0 Å². The molecule has 0 atom stereocenters. The van der Waals surface area contributed by atoms with Crippen molar-refractivity contribution in [3.8, 4) is 0 Å². The minimum absolute atomic E-state index is 0. The standard InChI is InChI=1S/C35H66N8.C33H62N8O.C28H58N4.3CH4.H2/c1-26-36-30(38-27-18-14-13-15-19-27)39-31(37-26)43(29-24-34(6,7)41-35(8,9)25-29)21-17-12-11-16-20-42(10)28-22-32(2,3)40-33(4,5)23-28;1-25-34-28(40-17-19-42-20-18-40)36-29(35-25)41(27-23-32(6,7)38-33(8,9)24-27)16-14-12-11-13-15-39(10)26-21-30(2,3)37-31(4,5)22-26;1-11-16-32(24-21-27(6,7)30-28(8,9)22-24)18-15-13-12-14-17-31(10)23-19-25(2,3)29-26(4,5)20-23;;;;/h27-29,40-41H,11-25H2,1-10H3,(H,36,37,38,39);26-27,37-38H,11-24H2,1-10H3;23-24,29-30H,11-22H2,1-10H3;3*1H4;1H. The lowest BCUT2D eigenvalue weighted by Gasteiger charge is -2.50. The summed E-state index contributed by atoms with van der Waals surface area (Å²) in [4.78, 5) is 47.5. The molecule has 2 aromatic rings. The van der Waals surface area contributed by atoms with Crippen LogP contribution in [0.5, 0.6) is 0 Å². The van der Waals surface area contributed by atoms with Crippen LogP contribution in [-0.4, -0.2) is 252 Å². The van der Waals surface area contributed by atoms with E-state index in [0.717, 1.165) is 119 Å². The van der Waals surface area contributed by atoms with Crippen LogP contribution in [0.25, 0.3) is 0 Å². The predicted octanol–water partition coefficient (Wildman–Crippen LogP) is 19.7. The van der Waals surface area contributed by atoms with Crippen molar-refractivity contribution in [1.29, 1.82) is 0 Å². The maximum atomic E-state index is 5.59. The number of hydrogen-bond acceptors (Lipinski definition) is 21. The summed E-state index contributed by atoms with van der Waals surface area (Å²) in [6, 6.07) is 3.98. The highest BCUT2D eigenvalue weighted by Gasteiger charge is 2.46. The fraction of sp³-hybridized carbons (Fsp3) is 0.939. The highest BCUT2D eigenvalue weighted by atomic mass is 16.5. The average Bonchev–Trinajstić information content (AvgIpc) is 0.826. The maximum Gasteiger partial charge on any atom is 0.230 e. The lowest BCUT2D eigenvalue weighted by atomic mass is 9.79. The zero-order valence-electron chi connectivity index (χ0n) is 81.8. The van der Waals surface area contributed by atoms with Crippen LogP contribution in [0, 0.1) is 13.8 Å². The summed E-state index contributed by atoms with van der Waals surface area (Å²) in [5.41, 5.74) is 1.97. The third-order valence-corrected chi connectivity index (χ3v) is 27.0. The number of morpholine rings is 1. The molecule has 7 N–H and O–H groups in total. The number of nitrogens with one attached hydrogen (secondary N) is 7. The molecule has 0 bridgehead atoms. The Morgan fingerprint density at radius 1 is 0.342 bits per heavy atom. The molecule has 702 valence electrons. The highest BCUT2D eigenvalue weighted by molar-refractivity contribution is 5.42. The van der Waals surface area contributed by atoms with Gasteiger partial charge in [-0.2, -0.15) is 29.9 Å². The molecule has 120 heavy (non-hydrogen) atoms. The first-order valence-corrected chi connectivity index (χ1v) is 47.9. The summed E-state index contributed by atoms with van der Waals surface area (Å²) in [6.45, 7) is 74.1. The number of hydrogen-bond donors (Lipinski definition) is 7. The highest BCUT2D eigenvalue weighted by Crippen LogP contribution is 2.40. The van der Waals surface area contributed by atoms with Crippen molar-refractivity contribution in [3.05, 3.63) is 11.6 Å². The number of aryl methyl sites for hydroxylation is 2. The normalized spacial score (nSPS) is 24.0. The number of nitrogens with zero attached hydrogens (tertiary/aromatic N) is 13. The van der Waals surface area contributed by atoms with E-state index in [-0.39, 0.29) is 90.2 Å². The van der Waals surface area contributed by atoms with Gasteiger partial charge in [0.1, 0.15) is 11.6 Å². The van der Waals surface area contributed by atoms with Crippen molar-refractivity contribution in [2.24, 2.45) is 0 Å². The van der Waals surface area contributed by atoms with Crippen LogP contribution in [0.15, 0.2) is 0 Å². The second-order valence-electron chi connectivity index (χ2n) is 46.9. The van der Waals surface area contributed by atoms with Crippen LogP contribution in [0.4, 0.5) is 23.8 Å². The quantitative estimate of drug-likeness (QED) is 0.0327. The zero-order chi connectivity index (χ0) is 86.4. The molecule has 0 radical (unpaired) electrons. The summed E-state index contributed by atoms with van der Waals surface area (Å²) in [6.07, 6.45) is 37.1. The second-order valence-corrected chi connectivity index (χ2v) is 46.9. The summed E-state index contributed by atoms with van der Waals surface area (Å²) < 4.78 is 5.59. The van der Waals surface area contributed by atoms with Gasteiger partial charge in [-0.25, -0.2) is 0 Å². The molecule has 8 fully saturated rings. The summed E-state index contributed by atoms with van der Waals surface area (Å²) in [5.74, 6) is 4.88. The van der Waals surface area contributed by atoms with Gasteiger partial charge in [0.05, 0.1) is 13.2 Å². The van der Waals surface area contributed by atoms with Crippen molar-refractivity contribution in [3.63, 3.8) is 0 Å². The summed E-state index contributed by atoms with van der Waals surface area (Å²) >= 11 is 0. The van der Waals surface area contributed by atoms with Crippen LogP contribution < -0.4 is 51.9 Å². The SMILES string of the molecule is C.C.C.CCCN(CCCCCCN(C)C1CC(C)(C)NC(C)(C)C1)C1CC(C)(C)NC(C)(C)C1.Cc1nc(N2CCOCC2)nc(N(CCCCCCN(C)C2CC(C)(C)NC(C)(C)C2)C2CC(C)(C)NC(C)(C)C2)n1.Cc1nc(NC2CCCCC2)nc(N(CCCCCCN(C)C2CC(C)(C)NC(C)(C)C2)C2CC(C)(C)NC(C)(C)C2)n1.[HH]. The summed E-state index contributed by atoms with van der Waals surface area (Å²) in [7, 11) is 7.03. The van der Waals surface area contributed by atoms with Crippen LogP contribution in [0.3, 0.4) is 0 Å². The van der Waals surface area contributed by atoms with E-state index in [4.69, 9.17) is 34.6 Å². The molecule has 0 amide bonds. The van der Waals surface area contributed by atoms with Crippen molar-refractivity contribution in [2.75, 3.05) is 113 Å². The number of unbranched alkanes of at least 4 members (excludes halogenated alkanes) is 9. The van der Waals surface area contributed by atoms with E-state index in [1.165, 1.54) is 187 Å². The molecule has 21 nitrogen and oxygen atoms in total. The molecule has 1 saturated carbocycles. The van der Waals surface area contributed by atoms with Crippen LogP contribution in [0.1, 0.15) is 401 Å². The van der Waals surface area contributed by atoms with Crippen molar-refractivity contribution >= 4 is 23.8 Å². The van der Waals surface area contributed by atoms with Crippen molar-refractivity contribution in [1.82, 2.24) is 81.4 Å². The average molecular weight is 1690 g/mol. The van der Waals surface area contributed by atoms with Crippen molar-refractivity contribution in [2.45, 2.75) is 511 Å². The van der Waals surface area contributed by atoms with Gasteiger partial charge in [0.15, 0.2) is 0 Å². The third-order valence-electron chi connectivity index (χ3n) is 27.0. The minimum Gasteiger partial charge on any atom is -0.378 e. The molecular weight excluding hydrogens is 1490 g/mol. The second kappa shape index (κ2) is 45.2. The Morgan fingerprint density at radius 3 is 0.950 bits per heavy atom. The van der Waals surface area contributed by atoms with E-state index in [1.54, 1.807) is 0 Å². The molecular formula is C99H200N20O. The predicted molar refractivity (Wildman–Crippen MR) is 521 cm³/mol. The Kier molecular flexibility index (Phi) is 40.4. The number of ether oxygens (including phenoxy) is 1. The first-order valence-electron chi connectivity index (χ1n) is 47.9. The molecule has 8 aliphatic rings. The van der Waals surface area contributed by atoms with Gasteiger partial charge in [-0.3, -0.25) is 0 Å². The van der Waals surface area contributed by atoms with Gasteiger partial charge in [-0.15, -0.1) is 0 Å². The molecule has 1 aliphatic carbocycles. The molecule has 0 spiro atoms. The molecule has 0 unspecified atom stereocenters. The van der Waals surface area contributed by atoms with Crippen LogP contribution in [0.2, 0.25) is 0 Å². The van der Waals surface area contributed by atoms with Gasteiger partial charge < -0.3 is 76.3 Å². The molecule has 0 aromatic carbocycles. The van der Waals surface area contributed by atoms with E-state index in [1.807, 2.05) is 13.8 Å². The summed E-state index contributed by atoms with van der Waals surface area (Å²) in [5, 5.41) is 26.8. The molecule has 10 rings (SSSR count). The lowest BCUT2D eigenvalue weighted by molar-refractivity contribution is 0.0644. The van der Waals surface area contributed by atoms with E-state index in [0.29, 0.717) is 36.3 Å². The first kappa shape index (κ1) is 107. The van der Waals surface area contributed by atoms with Gasteiger partial charge in [-0.1, -0.05) is 87.0 Å². The Hall–Kier alpha value is -3.22. The van der Waals surface area contributed by atoms with E-state index in [9.17, 15) is 0 Å². The largest absolute Gasteiger partial charge is 0.378 e. The Labute approximate surface area is 742 Å². The fourth-order valence-corrected chi connectivity index (χ4v) is 24.0. The van der Waals surface area contributed by atoms with Gasteiger partial charge in [0.2, 0.25) is 23.8 Å². The lowest BCUT2D eigenvalue weighted by Crippen LogP contribution is -2.62. The van der Waals surface area contributed by atoms with E-state index >= 15 is 0 Å². The number of rotatable bonds is 34. The Bertz CT molecular complexity index is 3190. The first-order chi connectivity index (χ1) is 54.2. The zero-order valence-corrected chi connectivity index (χ0v) is 81.8. The van der Waals surface area contributed by atoms with Crippen LogP contribution in [-0.2, 0) is 4.74 Å². The smallest absolute Gasteiger partial charge is 0.230 e. The molecule has 2 aromatic heterocycles. The topological polar surface area (TPSA) is 193 Å². The van der Waals surface area contributed by atoms with E-state index < -0.39 is 0 Å². The maximum absolute atomic E-state index is 5.59. The van der Waals surface area contributed by atoms with Crippen molar-refractivity contribution < 1.29 is 6.16 Å². The van der Waals surface area contributed by atoms with E-state index in [2.05, 4.69) is 266 Å². The molecule has 7 saturated heterocycles. The number of piperidine rings is 6. The number of aromatic nitrogens is 6. The van der Waals surface area contributed by atoms with Gasteiger partial charge in [-0.05, 0) is 369 Å². The minimum atomic E-state index is 0. The Morgan fingerprint density at radius 2 is 0.625 bits per heavy atom. The monoisotopic (exact) mass is 1690 g/mol. The molecule has 9 heterocycles. The van der Waals surface area contributed by atoms with Gasteiger partial charge >= 0.3 is 0 Å². The Balaban J connectivity index is 0.000000379. The number of anilines is 4. The van der Waals surface area contributed by atoms with Gasteiger partial charge in [0, 0.05) is 136 Å². The fourth-order valence-electron chi connectivity index (χ4n) is 24.0. The molecule has 7 aliphatic heterocycles. The van der Waals surface area contributed by atoms with Crippen LogP contribution >= 0.6 is 0 Å².